The van der Waals surface area contributed by atoms with E-state index >= 15 is 0 Å². The van der Waals surface area contributed by atoms with Crippen LogP contribution in [0.5, 0.6) is 5.88 Å². The Balaban J connectivity index is 2.78. The van der Waals surface area contributed by atoms with Crippen LogP contribution in [0.1, 0.15) is 20.8 Å². The topological polar surface area (TPSA) is 60.2 Å². The van der Waals surface area contributed by atoms with E-state index in [4.69, 9.17) is 10.5 Å². The molecule has 0 aliphatic rings. The number of aromatic nitrogens is 1. The number of pyridine rings is 1. The van der Waals surface area contributed by atoms with Crippen LogP contribution in [-0.4, -0.2) is 18.1 Å². The molecule has 0 amide bonds. The van der Waals surface area contributed by atoms with Crippen molar-refractivity contribution in [2.24, 2.45) is 5.92 Å². The molecule has 0 radical (unpaired) electrons. The molecule has 0 saturated carbocycles. The minimum absolute atomic E-state index is 0.367. The summed E-state index contributed by atoms with van der Waals surface area (Å²) in [6.07, 6.45) is 0. The van der Waals surface area contributed by atoms with Crippen molar-refractivity contribution in [1.29, 1.82) is 0 Å². The van der Waals surface area contributed by atoms with Crippen molar-refractivity contribution in [2.75, 3.05) is 18.2 Å². The summed E-state index contributed by atoms with van der Waals surface area (Å²) in [6.45, 7) is 6.44. The first kappa shape index (κ1) is 11.6. The van der Waals surface area contributed by atoms with Gasteiger partial charge in [0.25, 0.3) is 0 Å². The van der Waals surface area contributed by atoms with E-state index in [2.05, 4.69) is 31.1 Å². The lowest BCUT2D eigenvalue weighted by Gasteiger charge is -2.18. The molecule has 0 aliphatic heterocycles. The molecule has 0 aliphatic carbocycles. The minimum Gasteiger partial charge on any atom is -0.479 e. The van der Waals surface area contributed by atoms with Crippen LogP contribution in [0.2, 0.25) is 0 Å². The molecular weight excluding hydrogens is 190 g/mol. The van der Waals surface area contributed by atoms with Gasteiger partial charge >= 0.3 is 0 Å². The molecule has 4 heteroatoms. The van der Waals surface area contributed by atoms with Gasteiger partial charge in [-0.25, -0.2) is 0 Å². The molecule has 1 unspecified atom stereocenters. The monoisotopic (exact) mass is 209 g/mol. The Morgan fingerprint density at radius 2 is 2.00 bits per heavy atom. The molecule has 84 valence electrons. The van der Waals surface area contributed by atoms with E-state index in [-0.39, 0.29) is 0 Å². The molecule has 1 heterocycles. The number of ether oxygens (including phenoxy) is 1. The van der Waals surface area contributed by atoms with Gasteiger partial charge in [-0.1, -0.05) is 13.8 Å². The Kier molecular flexibility index (Phi) is 3.77. The fourth-order valence-corrected chi connectivity index (χ4v) is 1.10. The molecule has 1 aromatic rings. The molecule has 1 atom stereocenters. The summed E-state index contributed by atoms with van der Waals surface area (Å²) in [5, 5.41) is 3.30. The van der Waals surface area contributed by atoms with E-state index in [1.165, 1.54) is 0 Å². The zero-order chi connectivity index (χ0) is 11.4. The molecule has 0 fully saturated rings. The second kappa shape index (κ2) is 4.87. The molecule has 0 saturated heterocycles. The third kappa shape index (κ3) is 3.01. The van der Waals surface area contributed by atoms with Crippen LogP contribution in [-0.2, 0) is 0 Å². The van der Waals surface area contributed by atoms with Gasteiger partial charge in [0.1, 0.15) is 5.82 Å². The number of nitrogen functional groups attached to an aromatic ring is 1. The number of nitrogens with one attached hydrogen (secondary N) is 1. The first-order chi connectivity index (χ1) is 7.04. The number of anilines is 2. The molecule has 3 N–H and O–H groups in total. The third-order valence-electron chi connectivity index (χ3n) is 2.46. The number of nitrogens with zero attached hydrogens (tertiary/aromatic N) is 1. The second-order valence-corrected chi connectivity index (χ2v) is 3.97. The highest BCUT2D eigenvalue weighted by Crippen LogP contribution is 2.21. The predicted molar refractivity (Wildman–Crippen MR) is 63.1 cm³/mol. The highest BCUT2D eigenvalue weighted by molar-refractivity contribution is 5.53. The van der Waals surface area contributed by atoms with Crippen LogP contribution in [0, 0.1) is 5.92 Å². The van der Waals surface area contributed by atoms with Gasteiger partial charge < -0.3 is 15.8 Å². The van der Waals surface area contributed by atoms with Crippen LogP contribution in [0.4, 0.5) is 11.5 Å². The van der Waals surface area contributed by atoms with Gasteiger partial charge in [0.2, 0.25) is 5.88 Å². The predicted octanol–water partition coefficient (Wildman–Crippen LogP) is 2.13. The maximum absolute atomic E-state index is 5.68. The Labute approximate surface area is 90.8 Å². The van der Waals surface area contributed by atoms with E-state index < -0.39 is 0 Å². The van der Waals surface area contributed by atoms with Crippen molar-refractivity contribution in [3.8, 4) is 5.88 Å². The number of methoxy groups -OCH3 is 1. The van der Waals surface area contributed by atoms with Gasteiger partial charge in [0.05, 0.1) is 12.8 Å². The van der Waals surface area contributed by atoms with Crippen molar-refractivity contribution in [3.05, 3.63) is 12.1 Å². The van der Waals surface area contributed by atoms with Crippen LogP contribution in [0.25, 0.3) is 0 Å². The van der Waals surface area contributed by atoms with Crippen LogP contribution < -0.4 is 15.8 Å². The number of nitrogens with two attached hydrogens (primary N) is 1. The summed E-state index contributed by atoms with van der Waals surface area (Å²) in [6, 6.07) is 4.02. The van der Waals surface area contributed by atoms with E-state index in [9.17, 15) is 0 Å². The van der Waals surface area contributed by atoms with Gasteiger partial charge in [-0.2, -0.15) is 4.98 Å². The van der Waals surface area contributed by atoms with E-state index in [0.29, 0.717) is 23.5 Å². The van der Waals surface area contributed by atoms with Crippen molar-refractivity contribution < 1.29 is 4.74 Å². The smallest absolute Gasteiger partial charge is 0.238 e. The SMILES string of the molecule is COc1nc(NC(C)C(C)C)ccc1N. The maximum atomic E-state index is 5.68. The van der Waals surface area contributed by atoms with Crippen molar-refractivity contribution >= 4 is 11.5 Å². The van der Waals surface area contributed by atoms with Gasteiger partial charge in [0.15, 0.2) is 0 Å². The highest BCUT2D eigenvalue weighted by atomic mass is 16.5. The molecule has 0 bridgehead atoms. The lowest BCUT2D eigenvalue weighted by atomic mass is 10.1. The number of hydrogen-bond acceptors (Lipinski definition) is 4. The molecule has 4 nitrogen and oxygen atoms in total. The molecular formula is C11H19N3O. The van der Waals surface area contributed by atoms with Crippen molar-refractivity contribution in [2.45, 2.75) is 26.8 Å². The van der Waals surface area contributed by atoms with E-state index in [1.807, 2.05) is 6.07 Å². The standard InChI is InChI=1S/C11H19N3O/c1-7(2)8(3)13-10-6-5-9(12)11(14-10)15-4/h5-8H,12H2,1-4H3,(H,13,14). The summed E-state index contributed by atoms with van der Waals surface area (Å²) in [5.74, 6) is 1.81. The lowest BCUT2D eigenvalue weighted by molar-refractivity contribution is 0.400. The zero-order valence-corrected chi connectivity index (χ0v) is 9.74. The largest absolute Gasteiger partial charge is 0.479 e. The van der Waals surface area contributed by atoms with E-state index in [1.54, 1.807) is 13.2 Å². The summed E-state index contributed by atoms with van der Waals surface area (Å²) in [7, 11) is 1.56. The average molecular weight is 209 g/mol. The lowest BCUT2D eigenvalue weighted by Crippen LogP contribution is -2.22. The van der Waals surface area contributed by atoms with Gasteiger partial charge in [0, 0.05) is 6.04 Å². The summed E-state index contributed by atoms with van der Waals surface area (Å²) < 4.78 is 5.05. The van der Waals surface area contributed by atoms with Gasteiger partial charge in [-0.3, -0.25) is 0 Å². The van der Waals surface area contributed by atoms with E-state index in [0.717, 1.165) is 5.82 Å². The molecule has 1 rings (SSSR count). The molecule has 1 aromatic heterocycles. The number of hydrogen-bond donors (Lipinski definition) is 2. The Morgan fingerprint density at radius 3 is 2.53 bits per heavy atom. The summed E-state index contributed by atoms with van der Waals surface area (Å²) >= 11 is 0. The van der Waals surface area contributed by atoms with Crippen molar-refractivity contribution in [3.63, 3.8) is 0 Å². The number of rotatable bonds is 4. The molecule has 0 aromatic carbocycles. The first-order valence-electron chi connectivity index (χ1n) is 5.11. The summed E-state index contributed by atoms with van der Waals surface area (Å²) in [4.78, 5) is 4.25. The van der Waals surface area contributed by atoms with Gasteiger partial charge in [-0.05, 0) is 25.0 Å². The molecule has 15 heavy (non-hydrogen) atoms. The summed E-state index contributed by atoms with van der Waals surface area (Å²) in [5.41, 5.74) is 6.23. The van der Waals surface area contributed by atoms with Crippen molar-refractivity contribution in [1.82, 2.24) is 4.98 Å². The third-order valence-corrected chi connectivity index (χ3v) is 2.46. The van der Waals surface area contributed by atoms with Gasteiger partial charge in [-0.15, -0.1) is 0 Å². The first-order valence-corrected chi connectivity index (χ1v) is 5.11. The zero-order valence-electron chi connectivity index (χ0n) is 9.74. The van der Waals surface area contributed by atoms with Crippen LogP contribution in [0.15, 0.2) is 12.1 Å². The minimum atomic E-state index is 0.367. The second-order valence-electron chi connectivity index (χ2n) is 3.97. The molecule has 0 spiro atoms. The Bertz CT molecular complexity index is 326. The Morgan fingerprint density at radius 1 is 1.33 bits per heavy atom. The van der Waals surface area contributed by atoms with Crippen LogP contribution in [0.3, 0.4) is 0 Å². The maximum Gasteiger partial charge on any atom is 0.238 e. The average Bonchev–Trinajstić information content (AvgIpc) is 2.20. The fraction of sp³-hybridized carbons (Fsp3) is 0.545. The fourth-order valence-electron chi connectivity index (χ4n) is 1.10. The highest BCUT2D eigenvalue weighted by Gasteiger charge is 2.08. The quantitative estimate of drug-likeness (QED) is 0.797. The van der Waals surface area contributed by atoms with Crippen LogP contribution >= 0.6 is 0 Å². The normalized spacial score (nSPS) is 12.6. The Hall–Kier alpha value is -1.45.